The molecular formula is C93H93N3. The third-order valence-corrected chi connectivity index (χ3v) is 20.0. The van der Waals surface area contributed by atoms with Crippen LogP contribution in [-0.2, 0) is 11.8 Å². The van der Waals surface area contributed by atoms with Crippen molar-refractivity contribution in [2.45, 2.75) is 135 Å². The van der Waals surface area contributed by atoms with Crippen LogP contribution in [0.3, 0.4) is 0 Å². The van der Waals surface area contributed by atoms with Gasteiger partial charge in [-0.05, 0) is 219 Å². The molecule has 0 spiro atoms. The van der Waals surface area contributed by atoms with E-state index in [0.717, 1.165) is 68.6 Å². The van der Waals surface area contributed by atoms with Crippen molar-refractivity contribution in [3.05, 3.63) is 320 Å². The smallest absolute Gasteiger partial charge is 0.0467 e. The third kappa shape index (κ3) is 14.8. The Balaban J connectivity index is 0.829. The molecule has 0 unspecified atom stereocenters. The molecule has 3 nitrogen and oxygen atoms in total. The molecule has 12 aromatic rings. The molecule has 0 aliphatic heterocycles. The second-order valence-corrected chi connectivity index (χ2v) is 26.5. The fourth-order valence-electron chi connectivity index (χ4n) is 15.0. The summed E-state index contributed by atoms with van der Waals surface area (Å²) in [5.74, 6) is 0. The number of hydrogen-bond acceptors (Lipinski definition) is 3. The minimum Gasteiger partial charge on any atom is -0.310 e. The second kappa shape index (κ2) is 31.5. The first-order valence-electron chi connectivity index (χ1n) is 36.0. The Morgan fingerprint density at radius 2 is 0.521 bits per heavy atom. The average Bonchev–Trinajstić information content (AvgIpc) is 1.56. The van der Waals surface area contributed by atoms with Crippen molar-refractivity contribution in [3.8, 4) is 55.6 Å². The van der Waals surface area contributed by atoms with Crippen LogP contribution in [0.4, 0.5) is 51.2 Å². The van der Waals surface area contributed by atoms with Crippen LogP contribution in [0.5, 0.6) is 0 Å². The fourth-order valence-corrected chi connectivity index (χ4v) is 15.0. The van der Waals surface area contributed by atoms with E-state index in [1.54, 1.807) is 0 Å². The van der Waals surface area contributed by atoms with E-state index in [-0.39, 0.29) is 5.41 Å². The number of fused-ring (bicyclic) bond motifs is 3. The zero-order valence-corrected chi connectivity index (χ0v) is 56.7. The zero-order valence-electron chi connectivity index (χ0n) is 56.7. The van der Waals surface area contributed by atoms with Gasteiger partial charge in [0.05, 0.1) is 0 Å². The van der Waals surface area contributed by atoms with Crippen LogP contribution in [0.15, 0.2) is 303 Å². The molecule has 1 aliphatic carbocycles. The van der Waals surface area contributed by atoms with E-state index >= 15 is 0 Å². The summed E-state index contributed by atoms with van der Waals surface area (Å²) in [4.78, 5) is 7.27. The van der Waals surface area contributed by atoms with Crippen LogP contribution in [0.25, 0.3) is 55.6 Å². The van der Waals surface area contributed by atoms with Gasteiger partial charge in [0.1, 0.15) is 0 Å². The molecule has 12 aromatic carbocycles. The lowest BCUT2D eigenvalue weighted by Gasteiger charge is -2.34. The van der Waals surface area contributed by atoms with E-state index in [2.05, 4.69) is 339 Å². The normalized spacial score (nSPS) is 12.1. The monoisotopic (exact) mass is 1250 g/mol. The first kappa shape index (κ1) is 64.7. The van der Waals surface area contributed by atoms with Crippen LogP contribution >= 0.6 is 0 Å². The molecule has 0 bridgehead atoms. The van der Waals surface area contributed by atoms with Gasteiger partial charge in [0.25, 0.3) is 0 Å². The van der Waals surface area contributed by atoms with Crippen LogP contribution < -0.4 is 14.7 Å². The van der Waals surface area contributed by atoms with E-state index in [0.29, 0.717) is 0 Å². The van der Waals surface area contributed by atoms with Gasteiger partial charge in [-0.15, -0.1) is 0 Å². The van der Waals surface area contributed by atoms with E-state index in [1.165, 1.54) is 164 Å². The quantitative estimate of drug-likeness (QED) is 0.0416. The van der Waals surface area contributed by atoms with Gasteiger partial charge in [-0.3, -0.25) is 0 Å². The number of aryl methyl sites for hydroxylation is 1. The molecule has 0 heterocycles. The van der Waals surface area contributed by atoms with E-state index in [9.17, 15) is 0 Å². The van der Waals surface area contributed by atoms with Crippen LogP contribution in [0, 0.1) is 0 Å². The number of para-hydroxylation sites is 3. The van der Waals surface area contributed by atoms with E-state index in [4.69, 9.17) is 0 Å². The highest BCUT2D eigenvalue weighted by Crippen LogP contribution is 2.56. The summed E-state index contributed by atoms with van der Waals surface area (Å²) in [6.07, 6.45) is 21.3. The summed E-state index contributed by atoms with van der Waals surface area (Å²) >= 11 is 0. The minimum absolute atomic E-state index is 0.0122. The Hall–Kier alpha value is -9.96. The van der Waals surface area contributed by atoms with Crippen LogP contribution in [0.2, 0.25) is 0 Å². The number of hydrogen-bond donors (Lipinski definition) is 0. The maximum absolute atomic E-state index is 2.58. The highest BCUT2D eigenvalue weighted by molar-refractivity contribution is 5.89. The van der Waals surface area contributed by atoms with Gasteiger partial charge in [-0.1, -0.05) is 286 Å². The largest absolute Gasteiger partial charge is 0.310 e. The zero-order chi connectivity index (χ0) is 65.3. The maximum atomic E-state index is 2.58. The number of anilines is 9. The van der Waals surface area contributed by atoms with Gasteiger partial charge in [-0.2, -0.15) is 0 Å². The average molecular weight is 1250 g/mol. The fraction of sp³-hybridized carbons (Fsp3) is 0.226. The first-order chi connectivity index (χ1) is 47.5. The number of benzene rings is 12. The summed E-state index contributed by atoms with van der Waals surface area (Å²) in [5, 5.41) is 0. The predicted molar refractivity (Wildman–Crippen MR) is 413 cm³/mol. The van der Waals surface area contributed by atoms with Crippen molar-refractivity contribution < 1.29 is 0 Å². The minimum atomic E-state index is -0.0122. The first-order valence-corrected chi connectivity index (χ1v) is 36.0. The molecule has 0 amide bonds. The van der Waals surface area contributed by atoms with Gasteiger partial charge in [0.15, 0.2) is 0 Å². The molecule has 480 valence electrons. The molecule has 0 N–H and O–H groups in total. The van der Waals surface area contributed by atoms with Gasteiger partial charge < -0.3 is 14.7 Å². The number of nitrogens with zero attached hydrogens (tertiary/aromatic N) is 3. The lowest BCUT2D eigenvalue weighted by Crippen LogP contribution is -2.26. The summed E-state index contributed by atoms with van der Waals surface area (Å²) in [6, 6.07) is 113. The van der Waals surface area contributed by atoms with Crippen molar-refractivity contribution in [1.29, 1.82) is 0 Å². The molecule has 0 aromatic heterocycles. The summed E-state index contributed by atoms with van der Waals surface area (Å²) in [5.41, 5.74) is 26.8. The molecule has 13 rings (SSSR count). The summed E-state index contributed by atoms with van der Waals surface area (Å²) < 4.78 is 0. The van der Waals surface area contributed by atoms with Gasteiger partial charge in [0, 0.05) is 56.6 Å². The Morgan fingerprint density at radius 1 is 0.219 bits per heavy atom. The number of unbranched alkanes of at least 4 members (excludes halogenated alkanes) is 11. The summed E-state index contributed by atoms with van der Waals surface area (Å²) in [6.45, 7) is 6.95. The molecule has 0 fully saturated rings. The van der Waals surface area contributed by atoms with Gasteiger partial charge >= 0.3 is 0 Å². The predicted octanol–water partition coefficient (Wildman–Crippen LogP) is 27.9. The Kier molecular flexibility index (Phi) is 21.3. The lowest BCUT2D eigenvalue weighted by atomic mass is 9.70. The maximum Gasteiger partial charge on any atom is 0.0467 e. The second-order valence-electron chi connectivity index (χ2n) is 26.5. The van der Waals surface area contributed by atoms with Crippen LogP contribution in [-0.4, -0.2) is 0 Å². The Labute approximate surface area is 573 Å². The highest BCUT2D eigenvalue weighted by atomic mass is 15.2. The van der Waals surface area contributed by atoms with Crippen molar-refractivity contribution >= 4 is 51.2 Å². The molecule has 0 saturated carbocycles. The molecule has 0 radical (unpaired) electrons. The van der Waals surface area contributed by atoms with Crippen LogP contribution in [0.1, 0.15) is 140 Å². The molecule has 0 saturated heterocycles. The van der Waals surface area contributed by atoms with Crippen molar-refractivity contribution in [3.63, 3.8) is 0 Å². The number of rotatable bonds is 30. The Bertz CT molecular complexity index is 4400. The van der Waals surface area contributed by atoms with Crippen molar-refractivity contribution in [2.75, 3.05) is 14.7 Å². The molecule has 96 heavy (non-hydrogen) atoms. The lowest BCUT2D eigenvalue weighted by molar-refractivity contribution is 0.401. The van der Waals surface area contributed by atoms with Gasteiger partial charge in [-0.25, -0.2) is 0 Å². The highest BCUT2D eigenvalue weighted by Gasteiger charge is 2.42. The SMILES string of the molecule is CCCCCCCCc1ccc(N(c2cccc(-c3cccc(-c4cccc(N(c5ccccc5)c5ccccc5)c4)c3)c2)c2cccc(-c3cccc(-c4cccc(N(c5ccccc5)c5ccc6c(c5)C(CCCCCC)(CCCCCC)c5ccccc5-6)c4)c3)c2)cc1. The third-order valence-electron chi connectivity index (χ3n) is 20.0. The molecule has 0 atom stereocenters. The molecular weight excluding hydrogens is 1160 g/mol. The molecule has 3 heteroatoms. The standard InChI is InChI=1S/C93H93N3/c1-4-7-10-13-14-18-35-71-56-58-83(59-57-71)96(86-52-33-42-78(68-86)74-38-29-36-72(64-74)76-40-31-50-84(66-76)94(80-44-19-15-20-45-80)81-46-21-16-22-47-81)87-53-34-43-79(69-87)75-39-30-37-73(65-75)77-41-32-51-85(67-77)95(82-48-23-17-24-49-82)88-60-61-90-89-54-25-26-55-91(89)93(92(90)70-88,62-27-11-8-5-2)63-28-12-9-6-3/h15-17,19-26,29-34,36-61,64-70H,4-14,18,27-28,35,62-63H2,1-3H3. The van der Waals surface area contributed by atoms with Crippen molar-refractivity contribution in [1.82, 2.24) is 0 Å². The van der Waals surface area contributed by atoms with Crippen molar-refractivity contribution in [2.24, 2.45) is 0 Å². The summed E-state index contributed by atoms with van der Waals surface area (Å²) in [7, 11) is 0. The van der Waals surface area contributed by atoms with E-state index in [1.807, 2.05) is 0 Å². The van der Waals surface area contributed by atoms with E-state index < -0.39 is 0 Å². The van der Waals surface area contributed by atoms with Gasteiger partial charge in [0.2, 0.25) is 0 Å². The molecule has 1 aliphatic rings. The topological polar surface area (TPSA) is 9.72 Å². The Morgan fingerprint density at radius 3 is 0.948 bits per heavy atom.